The molecule has 1 saturated heterocycles. The number of nitrogens with zero attached hydrogens (tertiary/aromatic N) is 1. The van der Waals surface area contributed by atoms with Gasteiger partial charge in [-0.2, -0.15) is 0 Å². The first kappa shape index (κ1) is 17.3. The second-order valence-corrected chi connectivity index (χ2v) is 6.40. The van der Waals surface area contributed by atoms with Crippen LogP contribution in [0.25, 0.3) is 0 Å². The lowest BCUT2D eigenvalue weighted by Crippen LogP contribution is -2.51. The second kappa shape index (κ2) is 7.02. The summed E-state index contributed by atoms with van der Waals surface area (Å²) < 4.78 is 32.7. The minimum Gasteiger partial charge on any atom is -0.389 e. The molecule has 0 amide bonds. The molecular weight excluding hydrogens is 288 g/mol. The molecule has 124 valence electrons. The van der Waals surface area contributed by atoms with E-state index in [4.69, 9.17) is 4.74 Å². The van der Waals surface area contributed by atoms with E-state index in [1.807, 2.05) is 6.92 Å². The summed E-state index contributed by atoms with van der Waals surface area (Å²) in [5, 5.41) is 10.6. The standard InChI is InChI=1S/C17H25F2NO2/c1-12-4-5-14(16(19)15(12)18)11-20-8-6-17(21,7-9-22-3)13(2)10-20/h4-5,13,21H,6-11H2,1-3H3/t13-,17-/m1/s1. The van der Waals surface area contributed by atoms with E-state index in [1.54, 1.807) is 26.2 Å². The van der Waals surface area contributed by atoms with Crippen LogP contribution in [0.2, 0.25) is 0 Å². The molecule has 1 N–H and O–H groups in total. The Morgan fingerprint density at radius 2 is 2.09 bits per heavy atom. The Morgan fingerprint density at radius 3 is 2.73 bits per heavy atom. The van der Waals surface area contributed by atoms with Gasteiger partial charge in [-0.1, -0.05) is 19.1 Å². The van der Waals surface area contributed by atoms with Crippen molar-refractivity contribution < 1.29 is 18.6 Å². The van der Waals surface area contributed by atoms with Crippen molar-refractivity contribution in [2.45, 2.75) is 38.8 Å². The lowest BCUT2D eigenvalue weighted by molar-refractivity contribution is -0.0828. The average molecular weight is 313 g/mol. The van der Waals surface area contributed by atoms with Crippen molar-refractivity contribution >= 4 is 0 Å². The van der Waals surface area contributed by atoms with Crippen molar-refractivity contribution in [3.8, 4) is 0 Å². The van der Waals surface area contributed by atoms with Crippen LogP contribution in [-0.4, -0.2) is 42.4 Å². The third-order valence-corrected chi connectivity index (χ3v) is 4.80. The Bertz CT molecular complexity index is 524. The van der Waals surface area contributed by atoms with Gasteiger partial charge in [0, 0.05) is 38.9 Å². The highest BCUT2D eigenvalue weighted by atomic mass is 19.2. The van der Waals surface area contributed by atoms with Crippen molar-refractivity contribution in [3.63, 3.8) is 0 Å². The van der Waals surface area contributed by atoms with Crippen molar-refractivity contribution in [2.24, 2.45) is 5.92 Å². The third-order valence-electron chi connectivity index (χ3n) is 4.80. The van der Waals surface area contributed by atoms with Crippen LogP contribution in [0.3, 0.4) is 0 Å². The summed E-state index contributed by atoms with van der Waals surface area (Å²) in [5.74, 6) is -1.46. The Balaban J connectivity index is 2.01. The first-order chi connectivity index (χ1) is 10.4. The number of methoxy groups -OCH3 is 1. The number of likely N-dealkylation sites (tertiary alicyclic amines) is 1. The zero-order chi connectivity index (χ0) is 16.3. The molecule has 2 rings (SSSR count). The van der Waals surface area contributed by atoms with Crippen LogP contribution in [-0.2, 0) is 11.3 Å². The minimum atomic E-state index is -0.765. The van der Waals surface area contributed by atoms with Gasteiger partial charge in [-0.05, 0) is 31.2 Å². The third kappa shape index (κ3) is 3.65. The normalized spacial score (nSPS) is 26.4. The number of benzene rings is 1. The number of ether oxygens (including phenoxy) is 1. The molecule has 0 radical (unpaired) electrons. The number of aliphatic hydroxyl groups is 1. The van der Waals surface area contributed by atoms with Gasteiger partial charge in [-0.25, -0.2) is 8.78 Å². The van der Waals surface area contributed by atoms with E-state index in [-0.39, 0.29) is 5.92 Å². The molecule has 0 spiro atoms. The van der Waals surface area contributed by atoms with Gasteiger partial charge in [0.1, 0.15) is 0 Å². The molecule has 0 bridgehead atoms. The molecule has 1 aliphatic rings. The average Bonchev–Trinajstić information content (AvgIpc) is 2.50. The van der Waals surface area contributed by atoms with Crippen LogP contribution in [0.1, 0.15) is 30.9 Å². The van der Waals surface area contributed by atoms with Gasteiger partial charge in [0.05, 0.1) is 5.60 Å². The maximum absolute atomic E-state index is 14.0. The maximum Gasteiger partial charge on any atom is 0.163 e. The Morgan fingerprint density at radius 1 is 1.36 bits per heavy atom. The lowest BCUT2D eigenvalue weighted by atomic mass is 9.80. The predicted octanol–water partition coefficient (Wildman–Crippen LogP) is 2.88. The van der Waals surface area contributed by atoms with Crippen LogP contribution in [0.5, 0.6) is 0 Å². The number of halogens is 2. The highest BCUT2D eigenvalue weighted by molar-refractivity contribution is 5.25. The van der Waals surface area contributed by atoms with E-state index in [9.17, 15) is 13.9 Å². The molecule has 3 nitrogen and oxygen atoms in total. The molecule has 1 aromatic carbocycles. The minimum absolute atomic E-state index is 0.0646. The van der Waals surface area contributed by atoms with Gasteiger partial charge >= 0.3 is 0 Å². The maximum atomic E-state index is 14.0. The van der Waals surface area contributed by atoms with Gasteiger partial charge in [-0.3, -0.25) is 4.90 Å². The fourth-order valence-electron chi connectivity index (χ4n) is 3.09. The van der Waals surface area contributed by atoms with E-state index in [1.165, 1.54) is 0 Å². The van der Waals surface area contributed by atoms with Crippen molar-refractivity contribution in [2.75, 3.05) is 26.8 Å². The van der Waals surface area contributed by atoms with Gasteiger partial charge in [0.15, 0.2) is 11.6 Å². The quantitative estimate of drug-likeness (QED) is 0.907. The second-order valence-electron chi connectivity index (χ2n) is 6.40. The topological polar surface area (TPSA) is 32.7 Å². The molecular formula is C17H25F2NO2. The Hall–Kier alpha value is -1.04. The molecule has 0 aliphatic carbocycles. The highest BCUT2D eigenvalue weighted by Gasteiger charge is 2.38. The summed E-state index contributed by atoms with van der Waals surface area (Å²) in [5.41, 5.74) is -0.0383. The number of rotatable bonds is 5. The van der Waals surface area contributed by atoms with Gasteiger partial charge < -0.3 is 9.84 Å². The van der Waals surface area contributed by atoms with Crippen LogP contribution >= 0.6 is 0 Å². The SMILES string of the molecule is COCC[C@]1(O)CCN(Cc2ccc(C)c(F)c2F)C[C@H]1C. The first-order valence-electron chi connectivity index (χ1n) is 7.74. The molecule has 1 aliphatic heterocycles. The summed E-state index contributed by atoms with van der Waals surface area (Å²) in [6.07, 6.45) is 1.22. The van der Waals surface area contributed by atoms with E-state index in [2.05, 4.69) is 4.90 Å². The summed E-state index contributed by atoms with van der Waals surface area (Å²) in [6, 6.07) is 3.25. The summed E-state index contributed by atoms with van der Waals surface area (Å²) in [4.78, 5) is 2.07. The zero-order valence-corrected chi connectivity index (χ0v) is 13.5. The van der Waals surface area contributed by atoms with E-state index < -0.39 is 17.2 Å². The van der Waals surface area contributed by atoms with Gasteiger partial charge in [0.2, 0.25) is 0 Å². The fraction of sp³-hybridized carbons (Fsp3) is 0.647. The monoisotopic (exact) mass is 313 g/mol. The highest BCUT2D eigenvalue weighted by Crippen LogP contribution is 2.32. The van der Waals surface area contributed by atoms with Crippen LogP contribution < -0.4 is 0 Å². The number of hydrogen-bond acceptors (Lipinski definition) is 3. The van der Waals surface area contributed by atoms with E-state index >= 15 is 0 Å². The van der Waals surface area contributed by atoms with Crippen molar-refractivity contribution in [1.29, 1.82) is 0 Å². The molecule has 22 heavy (non-hydrogen) atoms. The molecule has 0 unspecified atom stereocenters. The number of hydrogen-bond donors (Lipinski definition) is 1. The zero-order valence-electron chi connectivity index (χ0n) is 13.5. The molecule has 1 fully saturated rings. The molecule has 0 saturated carbocycles. The summed E-state index contributed by atoms with van der Waals surface area (Å²) in [7, 11) is 1.62. The van der Waals surface area contributed by atoms with Crippen LogP contribution in [0, 0.1) is 24.5 Å². The number of aryl methyl sites for hydroxylation is 1. The smallest absolute Gasteiger partial charge is 0.163 e. The van der Waals surface area contributed by atoms with Crippen molar-refractivity contribution in [1.82, 2.24) is 4.90 Å². The van der Waals surface area contributed by atoms with Crippen molar-refractivity contribution in [3.05, 3.63) is 34.9 Å². The van der Waals surface area contributed by atoms with Gasteiger partial charge in [-0.15, -0.1) is 0 Å². The van der Waals surface area contributed by atoms with Crippen LogP contribution in [0.15, 0.2) is 12.1 Å². The number of piperidine rings is 1. The van der Waals surface area contributed by atoms with E-state index in [0.29, 0.717) is 50.2 Å². The molecule has 1 aromatic rings. The lowest BCUT2D eigenvalue weighted by Gasteiger charge is -2.43. The first-order valence-corrected chi connectivity index (χ1v) is 7.74. The Kier molecular flexibility index (Phi) is 5.53. The fourth-order valence-corrected chi connectivity index (χ4v) is 3.09. The van der Waals surface area contributed by atoms with Crippen LogP contribution in [0.4, 0.5) is 8.78 Å². The molecule has 0 aromatic heterocycles. The molecule has 5 heteroatoms. The molecule has 2 atom stereocenters. The Labute approximate surface area is 130 Å². The summed E-state index contributed by atoms with van der Waals surface area (Å²) in [6.45, 7) is 5.77. The molecule has 1 heterocycles. The van der Waals surface area contributed by atoms with E-state index in [0.717, 1.165) is 0 Å². The predicted molar refractivity (Wildman–Crippen MR) is 81.6 cm³/mol. The summed E-state index contributed by atoms with van der Waals surface area (Å²) >= 11 is 0. The largest absolute Gasteiger partial charge is 0.389 e. The van der Waals surface area contributed by atoms with Gasteiger partial charge in [0.25, 0.3) is 0 Å².